The van der Waals surface area contributed by atoms with Gasteiger partial charge in [0.05, 0.1) is 28.5 Å². The van der Waals surface area contributed by atoms with Crippen LogP contribution in [0.3, 0.4) is 0 Å². The molecule has 2 amide bonds. The van der Waals surface area contributed by atoms with E-state index in [-0.39, 0.29) is 24.0 Å². The zero-order chi connectivity index (χ0) is 24.9. The van der Waals surface area contributed by atoms with Crippen LogP contribution in [0, 0.1) is 0 Å². The molecule has 1 aromatic heterocycles. The molecule has 0 aliphatic carbocycles. The number of rotatable bonds is 15. The van der Waals surface area contributed by atoms with Crippen LogP contribution in [0.25, 0.3) is 0 Å². The van der Waals surface area contributed by atoms with Gasteiger partial charge >= 0.3 is 0 Å². The van der Waals surface area contributed by atoms with E-state index >= 15 is 0 Å². The van der Waals surface area contributed by atoms with Gasteiger partial charge in [-0.15, -0.1) is 5.10 Å². The molecule has 0 fully saturated rings. The molecule has 34 heavy (non-hydrogen) atoms. The van der Waals surface area contributed by atoms with Gasteiger partial charge in [-0.1, -0.05) is 48.2 Å². The smallest absolute Gasteiger partial charge is 0.251 e. The van der Waals surface area contributed by atoms with Crippen LogP contribution in [0.2, 0.25) is 10.0 Å². The van der Waals surface area contributed by atoms with Crippen molar-refractivity contribution >= 4 is 35.0 Å². The quantitative estimate of drug-likeness (QED) is 0.353. The van der Waals surface area contributed by atoms with Crippen LogP contribution >= 0.6 is 23.2 Å². The normalized spacial score (nSPS) is 11.9. The maximum atomic E-state index is 13.6. The Balaban J connectivity index is 2.21. The molecule has 0 aliphatic heterocycles. The van der Waals surface area contributed by atoms with E-state index in [0.29, 0.717) is 48.9 Å². The molecule has 0 spiro atoms. The van der Waals surface area contributed by atoms with E-state index in [0.717, 1.165) is 19.3 Å². The van der Waals surface area contributed by atoms with Crippen LogP contribution in [0.4, 0.5) is 0 Å². The van der Waals surface area contributed by atoms with Gasteiger partial charge in [0, 0.05) is 38.9 Å². The fourth-order valence-electron chi connectivity index (χ4n) is 3.48. The van der Waals surface area contributed by atoms with Gasteiger partial charge in [-0.05, 0) is 37.5 Å². The van der Waals surface area contributed by atoms with Crippen molar-refractivity contribution in [3.8, 4) is 0 Å². The van der Waals surface area contributed by atoms with Crippen molar-refractivity contribution in [3.05, 3.63) is 45.7 Å². The Morgan fingerprint density at radius 1 is 1.21 bits per heavy atom. The molecule has 0 aliphatic rings. The number of halogens is 2. The predicted octanol–water partition coefficient (Wildman–Crippen LogP) is 3.32. The number of benzene rings is 1. The number of ether oxygens (including phenoxy) is 1. The highest BCUT2D eigenvalue weighted by Gasteiger charge is 2.26. The van der Waals surface area contributed by atoms with E-state index in [1.807, 2.05) is 0 Å². The summed E-state index contributed by atoms with van der Waals surface area (Å²) in [5.74, 6) is -0.602. The third kappa shape index (κ3) is 8.54. The summed E-state index contributed by atoms with van der Waals surface area (Å²) in [6.07, 6.45) is 5.35. The lowest BCUT2D eigenvalue weighted by Gasteiger charge is -2.28. The summed E-state index contributed by atoms with van der Waals surface area (Å²) in [6.45, 7) is 3.85. The van der Waals surface area contributed by atoms with Crippen molar-refractivity contribution < 1.29 is 19.4 Å². The first-order valence-electron chi connectivity index (χ1n) is 11.4. The Morgan fingerprint density at radius 2 is 1.97 bits per heavy atom. The van der Waals surface area contributed by atoms with Gasteiger partial charge in [0.25, 0.3) is 5.91 Å². The molecule has 11 heteroatoms. The fraction of sp³-hybridized carbons (Fsp3) is 0.565. The first kappa shape index (κ1) is 28.0. The molecule has 9 nitrogen and oxygen atoms in total. The van der Waals surface area contributed by atoms with E-state index in [9.17, 15) is 14.7 Å². The van der Waals surface area contributed by atoms with Crippen LogP contribution < -0.4 is 5.32 Å². The zero-order valence-corrected chi connectivity index (χ0v) is 21.2. The monoisotopic (exact) mass is 513 g/mol. The second-order valence-corrected chi connectivity index (χ2v) is 8.74. The zero-order valence-electron chi connectivity index (χ0n) is 19.7. The van der Waals surface area contributed by atoms with Crippen molar-refractivity contribution in [1.29, 1.82) is 0 Å². The van der Waals surface area contributed by atoms with Gasteiger partial charge in [-0.2, -0.15) is 0 Å². The minimum Gasteiger partial charge on any atom is -0.390 e. The van der Waals surface area contributed by atoms with Gasteiger partial charge in [-0.25, -0.2) is 4.68 Å². The van der Waals surface area contributed by atoms with Crippen molar-refractivity contribution in [2.75, 3.05) is 26.8 Å². The lowest BCUT2D eigenvalue weighted by molar-refractivity contribution is -0.133. The Hall–Kier alpha value is -2.20. The lowest BCUT2D eigenvalue weighted by atomic mass is 10.1. The number of aromatic nitrogens is 3. The molecule has 1 heterocycles. The highest BCUT2D eigenvalue weighted by molar-refractivity contribution is 6.42. The average Bonchev–Trinajstić information content (AvgIpc) is 3.29. The number of nitrogens with one attached hydrogen (secondary N) is 1. The summed E-state index contributed by atoms with van der Waals surface area (Å²) in [6, 6.07) is 3.77. The Morgan fingerprint density at radius 3 is 2.65 bits per heavy atom. The number of aryl methyl sites for hydroxylation is 1. The maximum absolute atomic E-state index is 13.6. The third-order valence-electron chi connectivity index (χ3n) is 5.39. The molecular weight excluding hydrogens is 481 g/mol. The van der Waals surface area contributed by atoms with Crippen LogP contribution in [-0.4, -0.2) is 69.7 Å². The minimum absolute atomic E-state index is 0.175. The summed E-state index contributed by atoms with van der Waals surface area (Å²) < 4.78 is 6.68. The number of hydrogen-bond donors (Lipinski definition) is 2. The van der Waals surface area contributed by atoms with Gasteiger partial charge in [0.2, 0.25) is 5.91 Å². The number of unbranched alkanes of at least 4 members (excludes halogenated alkanes) is 2. The summed E-state index contributed by atoms with van der Waals surface area (Å²) in [4.78, 5) is 28.3. The standard InChI is InChI=1S/C23H33Cl2N5O4/c1-3-4-5-10-29(11-6-13-34-2)23(33)21(9-12-30-18(16-31)15-26-28-30)27-22(32)17-7-8-19(24)20(25)14-17/h7-8,14-15,21,31H,3-6,9-13,16H2,1-2H3,(H,27,32)/t21-/m0/s1. The number of nitrogens with zero attached hydrogens (tertiary/aromatic N) is 4. The van der Waals surface area contributed by atoms with Crippen molar-refractivity contribution in [3.63, 3.8) is 0 Å². The first-order chi connectivity index (χ1) is 16.4. The molecule has 2 rings (SSSR count). The number of amides is 2. The molecule has 2 aromatic rings. The summed E-state index contributed by atoms with van der Waals surface area (Å²) >= 11 is 12.0. The highest BCUT2D eigenvalue weighted by atomic mass is 35.5. The second kappa shape index (κ2) is 14.9. The molecule has 1 aromatic carbocycles. The molecule has 2 N–H and O–H groups in total. The van der Waals surface area contributed by atoms with E-state index in [2.05, 4.69) is 22.6 Å². The number of methoxy groups -OCH3 is 1. The molecule has 0 saturated heterocycles. The van der Waals surface area contributed by atoms with Crippen LogP contribution in [0.15, 0.2) is 24.4 Å². The topological polar surface area (TPSA) is 110 Å². The SMILES string of the molecule is CCCCCN(CCCOC)C(=O)[C@H](CCn1nncc1CO)NC(=O)c1ccc(Cl)c(Cl)c1. The molecule has 1 atom stereocenters. The predicted molar refractivity (Wildman–Crippen MR) is 131 cm³/mol. The summed E-state index contributed by atoms with van der Waals surface area (Å²) in [5, 5.41) is 20.7. The summed E-state index contributed by atoms with van der Waals surface area (Å²) in [7, 11) is 1.63. The molecular formula is C23H33Cl2N5O4. The van der Waals surface area contributed by atoms with E-state index in [1.54, 1.807) is 24.1 Å². The Bertz CT molecular complexity index is 915. The van der Waals surface area contributed by atoms with Crippen LogP contribution in [-0.2, 0) is 22.7 Å². The number of aliphatic hydroxyl groups is 1. The molecule has 188 valence electrons. The lowest BCUT2D eigenvalue weighted by Crippen LogP contribution is -2.49. The molecule has 0 bridgehead atoms. The second-order valence-electron chi connectivity index (χ2n) is 7.93. The van der Waals surface area contributed by atoms with Crippen molar-refractivity contribution in [2.45, 2.75) is 58.2 Å². The Kier molecular flexibility index (Phi) is 12.3. The van der Waals surface area contributed by atoms with E-state index in [4.69, 9.17) is 27.9 Å². The number of carbonyl (C=O) groups is 2. The van der Waals surface area contributed by atoms with E-state index in [1.165, 1.54) is 16.9 Å². The first-order valence-corrected chi connectivity index (χ1v) is 12.2. The number of carbonyl (C=O) groups excluding carboxylic acids is 2. The van der Waals surface area contributed by atoms with Gasteiger partial charge in [-0.3, -0.25) is 9.59 Å². The van der Waals surface area contributed by atoms with Gasteiger partial charge in [0.15, 0.2) is 0 Å². The molecule has 0 saturated carbocycles. The average molecular weight is 514 g/mol. The van der Waals surface area contributed by atoms with Crippen molar-refractivity contribution in [2.24, 2.45) is 0 Å². The largest absolute Gasteiger partial charge is 0.390 e. The highest BCUT2D eigenvalue weighted by Crippen LogP contribution is 2.22. The summed E-state index contributed by atoms with van der Waals surface area (Å²) in [5.41, 5.74) is 0.836. The number of aliphatic hydroxyl groups excluding tert-OH is 1. The maximum Gasteiger partial charge on any atom is 0.251 e. The van der Waals surface area contributed by atoms with Gasteiger partial charge in [0.1, 0.15) is 6.04 Å². The molecule has 0 unspecified atom stereocenters. The van der Waals surface area contributed by atoms with Gasteiger partial charge < -0.3 is 20.1 Å². The van der Waals surface area contributed by atoms with Crippen LogP contribution in [0.1, 0.15) is 55.1 Å². The van der Waals surface area contributed by atoms with E-state index < -0.39 is 11.9 Å². The Labute approximate surface area is 210 Å². The van der Waals surface area contributed by atoms with Crippen molar-refractivity contribution in [1.82, 2.24) is 25.2 Å². The fourth-order valence-corrected chi connectivity index (χ4v) is 3.78. The minimum atomic E-state index is -0.804. The number of hydrogen-bond acceptors (Lipinski definition) is 6. The third-order valence-corrected chi connectivity index (χ3v) is 6.13. The molecule has 0 radical (unpaired) electrons. The van der Waals surface area contributed by atoms with Crippen LogP contribution in [0.5, 0.6) is 0 Å².